The van der Waals surface area contributed by atoms with Gasteiger partial charge in [-0.3, -0.25) is 0 Å². The lowest BCUT2D eigenvalue weighted by molar-refractivity contribution is 0.152. The second kappa shape index (κ2) is 7.04. The average Bonchev–Trinajstić information content (AvgIpc) is 2.36. The van der Waals surface area contributed by atoms with Gasteiger partial charge in [-0.1, -0.05) is 25.4 Å². The molecular formula is C13H17ClN2O3S. The van der Waals surface area contributed by atoms with E-state index in [-0.39, 0.29) is 27.9 Å². The van der Waals surface area contributed by atoms with Crippen LogP contribution in [0.1, 0.15) is 25.8 Å². The van der Waals surface area contributed by atoms with Gasteiger partial charge in [-0.05, 0) is 30.5 Å². The number of sulfonamides is 1. The van der Waals surface area contributed by atoms with Crippen LogP contribution in [0.25, 0.3) is 0 Å². The zero-order chi connectivity index (χ0) is 15.3. The first kappa shape index (κ1) is 16.9. The minimum atomic E-state index is -3.85. The summed E-state index contributed by atoms with van der Waals surface area (Å²) in [7, 11) is -3.85. The fourth-order valence-electron chi connectivity index (χ4n) is 1.69. The number of aliphatic hydroxyl groups is 1. The Morgan fingerprint density at radius 3 is 2.65 bits per heavy atom. The zero-order valence-corrected chi connectivity index (χ0v) is 12.9. The molecule has 0 bridgehead atoms. The number of aliphatic hydroxyl groups excluding tert-OH is 1. The van der Waals surface area contributed by atoms with Crippen LogP contribution in [0.15, 0.2) is 23.1 Å². The Balaban J connectivity index is 2.87. The first-order valence-electron chi connectivity index (χ1n) is 6.13. The summed E-state index contributed by atoms with van der Waals surface area (Å²) in [5.41, 5.74) is 0.206. The van der Waals surface area contributed by atoms with Crippen molar-refractivity contribution in [1.29, 1.82) is 5.26 Å². The summed E-state index contributed by atoms with van der Waals surface area (Å²) in [6, 6.07) is 5.87. The summed E-state index contributed by atoms with van der Waals surface area (Å²) < 4.78 is 26.5. The maximum absolute atomic E-state index is 12.1. The van der Waals surface area contributed by atoms with Crippen LogP contribution in [-0.2, 0) is 10.0 Å². The highest BCUT2D eigenvalue weighted by Gasteiger charge is 2.20. The lowest BCUT2D eigenvalue weighted by atomic mass is 10.1. The van der Waals surface area contributed by atoms with Crippen LogP contribution in [0.2, 0.25) is 5.02 Å². The van der Waals surface area contributed by atoms with Gasteiger partial charge in [0, 0.05) is 6.54 Å². The van der Waals surface area contributed by atoms with Crippen molar-refractivity contribution in [2.75, 3.05) is 6.54 Å². The Kier molecular flexibility index (Phi) is 5.96. The zero-order valence-electron chi connectivity index (χ0n) is 11.3. The number of nitrogens with zero attached hydrogens (tertiary/aromatic N) is 1. The molecule has 1 aromatic carbocycles. The minimum absolute atomic E-state index is 0.0369. The average molecular weight is 317 g/mol. The summed E-state index contributed by atoms with van der Waals surface area (Å²) in [5, 5.41) is 18.5. The van der Waals surface area contributed by atoms with E-state index in [1.54, 1.807) is 0 Å². The quantitative estimate of drug-likeness (QED) is 0.838. The Bertz CT molecular complexity index is 609. The molecule has 0 fully saturated rings. The predicted octanol–water partition coefficient (Wildman–Crippen LogP) is 1.90. The van der Waals surface area contributed by atoms with E-state index in [9.17, 15) is 13.5 Å². The Labute approximate surface area is 124 Å². The van der Waals surface area contributed by atoms with Gasteiger partial charge in [0.15, 0.2) is 0 Å². The molecule has 0 heterocycles. The molecule has 0 aliphatic carbocycles. The summed E-state index contributed by atoms with van der Waals surface area (Å²) >= 11 is 5.85. The molecule has 0 amide bonds. The van der Waals surface area contributed by atoms with E-state index in [1.165, 1.54) is 18.2 Å². The fraction of sp³-hybridized carbons (Fsp3) is 0.462. The van der Waals surface area contributed by atoms with Gasteiger partial charge in [-0.15, -0.1) is 0 Å². The fourth-order valence-corrected chi connectivity index (χ4v) is 3.29. The van der Waals surface area contributed by atoms with Gasteiger partial charge in [0.1, 0.15) is 4.90 Å². The predicted molar refractivity (Wildman–Crippen MR) is 76.8 cm³/mol. The normalized spacial score (nSPS) is 13.2. The topological polar surface area (TPSA) is 90.2 Å². The molecule has 0 aliphatic heterocycles. The van der Waals surface area contributed by atoms with Crippen molar-refractivity contribution in [3.05, 3.63) is 28.8 Å². The van der Waals surface area contributed by atoms with Crippen LogP contribution in [-0.4, -0.2) is 26.2 Å². The number of rotatable bonds is 6. The van der Waals surface area contributed by atoms with Gasteiger partial charge < -0.3 is 5.11 Å². The third-order valence-electron chi connectivity index (χ3n) is 2.60. The van der Waals surface area contributed by atoms with E-state index in [1.807, 2.05) is 19.9 Å². The molecule has 20 heavy (non-hydrogen) atoms. The SMILES string of the molecule is CC(C)CC(O)CNS(=O)(=O)c1cc(C#N)ccc1Cl. The van der Waals surface area contributed by atoms with E-state index in [2.05, 4.69) is 4.72 Å². The molecule has 1 aromatic rings. The van der Waals surface area contributed by atoms with Crippen LogP contribution in [0, 0.1) is 17.2 Å². The van der Waals surface area contributed by atoms with Crippen molar-refractivity contribution in [3.63, 3.8) is 0 Å². The summed E-state index contributed by atoms with van der Waals surface area (Å²) in [6.07, 6.45) is -0.267. The summed E-state index contributed by atoms with van der Waals surface area (Å²) in [6.45, 7) is 3.78. The first-order chi connectivity index (χ1) is 9.26. The molecule has 0 saturated heterocycles. The Hall–Kier alpha value is -1.13. The first-order valence-corrected chi connectivity index (χ1v) is 7.99. The third-order valence-corrected chi connectivity index (χ3v) is 4.51. The van der Waals surface area contributed by atoms with E-state index in [0.29, 0.717) is 6.42 Å². The summed E-state index contributed by atoms with van der Waals surface area (Å²) in [4.78, 5) is -0.157. The van der Waals surface area contributed by atoms with Crippen molar-refractivity contribution >= 4 is 21.6 Å². The van der Waals surface area contributed by atoms with E-state index < -0.39 is 16.1 Å². The molecule has 7 heteroatoms. The Morgan fingerprint density at radius 2 is 2.10 bits per heavy atom. The smallest absolute Gasteiger partial charge is 0.242 e. The molecule has 1 rings (SSSR count). The van der Waals surface area contributed by atoms with Gasteiger partial charge in [0.05, 0.1) is 22.8 Å². The molecule has 1 unspecified atom stereocenters. The van der Waals surface area contributed by atoms with Gasteiger partial charge in [-0.25, -0.2) is 13.1 Å². The van der Waals surface area contributed by atoms with Crippen LogP contribution in [0.3, 0.4) is 0 Å². The van der Waals surface area contributed by atoms with Crippen LogP contribution in [0.4, 0.5) is 0 Å². The van der Waals surface area contributed by atoms with Gasteiger partial charge in [0.2, 0.25) is 10.0 Å². The number of hydrogen-bond donors (Lipinski definition) is 2. The second-order valence-corrected chi connectivity index (χ2v) is 7.03. The maximum atomic E-state index is 12.1. The second-order valence-electron chi connectivity index (χ2n) is 4.89. The highest BCUT2D eigenvalue weighted by molar-refractivity contribution is 7.89. The van der Waals surface area contributed by atoms with E-state index in [0.717, 1.165) is 0 Å². The lowest BCUT2D eigenvalue weighted by Gasteiger charge is -2.14. The van der Waals surface area contributed by atoms with E-state index >= 15 is 0 Å². The number of nitriles is 1. The van der Waals surface area contributed by atoms with Crippen LogP contribution < -0.4 is 4.72 Å². The molecule has 1 atom stereocenters. The molecule has 2 N–H and O–H groups in total. The van der Waals surface area contributed by atoms with Gasteiger partial charge >= 0.3 is 0 Å². The van der Waals surface area contributed by atoms with E-state index in [4.69, 9.17) is 16.9 Å². The highest BCUT2D eigenvalue weighted by Crippen LogP contribution is 2.22. The molecular weight excluding hydrogens is 300 g/mol. The van der Waals surface area contributed by atoms with Crippen molar-refractivity contribution in [3.8, 4) is 6.07 Å². The van der Waals surface area contributed by atoms with Crippen molar-refractivity contribution in [2.24, 2.45) is 5.92 Å². The van der Waals surface area contributed by atoms with Crippen molar-refractivity contribution < 1.29 is 13.5 Å². The minimum Gasteiger partial charge on any atom is -0.392 e. The lowest BCUT2D eigenvalue weighted by Crippen LogP contribution is -2.33. The van der Waals surface area contributed by atoms with Crippen LogP contribution in [0.5, 0.6) is 0 Å². The molecule has 0 spiro atoms. The number of hydrogen-bond acceptors (Lipinski definition) is 4. The molecule has 0 saturated carbocycles. The van der Waals surface area contributed by atoms with Gasteiger partial charge in [0.25, 0.3) is 0 Å². The highest BCUT2D eigenvalue weighted by atomic mass is 35.5. The maximum Gasteiger partial charge on any atom is 0.242 e. The largest absolute Gasteiger partial charge is 0.392 e. The molecule has 5 nitrogen and oxygen atoms in total. The van der Waals surface area contributed by atoms with Crippen LogP contribution >= 0.6 is 11.6 Å². The molecule has 0 radical (unpaired) electrons. The number of benzene rings is 1. The van der Waals surface area contributed by atoms with Crippen molar-refractivity contribution in [2.45, 2.75) is 31.3 Å². The van der Waals surface area contributed by atoms with Crippen molar-refractivity contribution in [1.82, 2.24) is 4.72 Å². The Morgan fingerprint density at radius 1 is 1.45 bits per heavy atom. The molecule has 110 valence electrons. The molecule has 0 aromatic heterocycles. The standard InChI is InChI=1S/C13H17ClN2O3S/c1-9(2)5-11(17)8-16-20(18,19)13-6-10(7-15)3-4-12(13)14/h3-4,6,9,11,16-17H,5,8H2,1-2H3. The van der Waals surface area contributed by atoms with Gasteiger partial charge in [-0.2, -0.15) is 5.26 Å². The summed E-state index contributed by atoms with van der Waals surface area (Å²) in [5.74, 6) is 0.264. The molecule has 0 aliphatic rings. The number of halogens is 1. The monoisotopic (exact) mass is 316 g/mol. The third kappa shape index (κ3) is 4.76. The number of nitrogens with one attached hydrogen (secondary N) is 1.